The molecule has 1 aromatic heterocycles. The molecule has 1 rings (SSSR count). The topological polar surface area (TPSA) is 60.9 Å². The molecular formula is C8H11N3O. The average Bonchev–Trinajstić information content (AvgIpc) is 2.34. The van der Waals surface area contributed by atoms with Crippen LogP contribution in [0.25, 0.3) is 0 Å². The minimum Gasteiger partial charge on any atom is -0.364 e. The van der Waals surface area contributed by atoms with Crippen LogP contribution in [0.15, 0.2) is 18.7 Å². The van der Waals surface area contributed by atoms with Crippen molar-refractivity contribution in [1.29, 1.82) is 0 Å². The molecule has 0 saturated carbocycles. The lowest BCUT2D eigenvalue weighted by Crippen LogP contribution is -2.12. The summed E-state index contributed by atoms with van der Waals surface area (Å²) >= 11 is 0. The zero-order valence-corrected chi connectivity index (χ0v) is 6.95. The Morgan fingerprint density at radius 3 is 3.00 bits per heavy atom. The van der Waals surface area contributed by atoms with Gasteiger partial charge in [0.25, 0.3) is 5.91 Å². The van der Waals surface area contributed by atoms with Crippen LogP contribution >= 0.6 is 0 Å². The van der Waals surface area contributed by atoms with Gasteiger partial charge in [-0.2, -0.15) is 5.10 Å². The number of hydrogen-bond donors (Lipinski definition) is 1. The summed E-state index contributed by atoms with van der Waals surface area (Å²) in [6, 6.07) is 1.66. The third-order valence-electron chi connectivity index (χ3n) is 1.54. The molecule has 64 valence electrons. The van der Waals surface area contributed by atoms with Gasteiger partial charge in [-0.25, -0.2) is 0 Å². The number of hydrogen-bond acceptors (Lipinski definition) is 2. The summed E-state index contributed by atoms with van der Waals surface area (Å²) in [5, 5.41) is 3.97. The number of carbonyl (C=O) groups excluding carboxylic acids is 1. The molecule has 0 aliphatic heterocycles. The summed E-state index contributed by atoms with van der Waals surface area (Å²) in [6.07, 6.45) is 1.71. The van der Waals surface area contributed by atoms with Crippen molar-refractivity contribution in [3.05, 3.63) is 30.1 Å². The summed E-state index contributed by atoms with van der Waals surface area (Å²) in [7, 11) is 0. The van der Waals surface area contributed by atoms with E-state index in [-0.39, 0.29) is 0 Å². The minimum atomic E-state index is -0.499. The Balaban J connectivity index is 2.99. The van der Waals surface area contributed by atoms with Crippen LogP contribution in [0.2, 0.25) is 0 Å². The normalized spacial score (nSPS) is 9.75. The molecule has 1 amide bonds. The smallest absolute Gasteiger partial charge is 0.269 e. The Kier molecular flexibility index (Phi) is 2.28. The summed E-state index contributed by atoms with van der Waals surface area (Å²) in [5.74, 6) is -0.499. The first-order valence-electron chi connectivity index (χ1n) is 3.60. The lowest BCUT2D eigenvalue weighted by Gasteiger charge is -1.96. The number of amides is 1. The molecule has 0 fully saturated rings. The Hall–Kier alpha value is -1.58. The molecule has 0 saturated heterocycles. The molecule has 12 heavy (non-hydrogen) atoms. The molecule has 0 radical (unpaired) electrons. The van der Waals surface area contributed by atoms with Gasteiger partial charge in [0.15, 0.2) is 0 Å². The van der Waals surface area contributed by atoms with E-state index in [4.69, 9.17) is 5.73 Å². The largest absolute Gasteiger partial charge is 0.364 e. The number of carbonyl (C=O) groups is 1. The maximum Gasteiger partial charge on any atom is 0.269 e. The van der Waals surface area contributed by atoms with Gasteiger partial charge in [-0.1, -0.05) is 6.08 Å². The number of aryl methyl sites for hydroxylation is 1. The van der Waals surface area contributed by atoms with Crippen LogP contribution in [-0.2, 0) is 6.54 Å². The van der Waals surface area contributed by atoms with Gasteiger partial charge in [0.05, 0.1) is 6.54 Å². The lowest BCUT2D eigenvalue weighted by molar-refractivity contribution is 0.0995. The highest BCUT2D eigenvalue weighted by Crippen LogP contribution is 2.01. The number of aromatic nitrogens is 2. The summed E-state index contributed by atoms with van der Waals surface area (Å²) < 4.78 is 1.67. The van der Waals surface area contributed by atoms with Crippen molar-refractivity contribution in [2.75, 3.05) is 0 Å². The van der Waals surface area contributed by atoms with Crippen LogP contribution in [0.5, 0.6) is 0 Å². The van der Waals surface area contributed by atoms with Crippen LogP contribution in [-0.4, -0.2) is 15.7 Å². The predicted molar refractivity (Wildman–Crippen MR) is 45.7 cm³/mol. The van der Waals surface area contributed by atoms with E-state index in [1.54, 1.807) is 16.8 Å². The molecule has 0 atom stereocenters. The second-order valence-electron chi connectivity index (χ2n) is 2.51. The first-order valence-corrected chi connectivity index (χ1v) is 3.60. The number of primary amides is 1. The van der Waals surface area contributed by atoms with E-state index >= 15 is 0 Å². The first-order chi connectivity index (χ1) is 5.65. The summed E-state index contributed by atoms with van der Waals surface area (Å²) in [5.41, 5.74) is 6.26. The predicted octanol–water partition coefficient (Wildman–Crippen LogP) is 0.476. The van der Waals surface area contributed by atoms with Crippen molar-refractivity contribution in [3.63, 3.8) is 0 Å². The number of rotatable bonds is 3. The number of allylic oxidation sites excluding steroid dienone is 1. The van der Waals surface area contributed by atoms with Gasteiger partial charge in [-0.3, -0.25) is 9.48 Å². The van der Waals surface area contributed by atoms with E-state index in [9.17, 15) is 4.79 Å². The third kappa shape index (κ3) is 1.53. The molecule has 1 heterocycles. The summed E-state index contributed by atoms with van der Waals surface area (Å²) in [6.45, 7) is 6.03. The van der Waals surface area contributed by atoms with Gasteiger partial charge in [0, 0.05) is 5.69 Å². The average molecular weight is 165 g/mol. The zero-order chi connectivity index (χ0) is 9.14. The molecule has 2 N–H and O–H groups in total. The van der Waals surface area contributed by atoms with Crippen LogP contribution in [0.1, 0.15) is 16.2 Å². The molecule has 0 aromatic carbocycles. The Morgan fingerprint density at radius 1 is 1.92 bits per heavy atom. The molecule has 0 aliphatic carbocycles. The maximum atomic E-state index is 10.7. The molecule has 0 spiro atoms. The van der Waals surface area contributed by atoms with Crippen molar-refractivity contribution in [2.45, 2.75) is 13.5 Å². The molecule has 0 bridgehead atoms. The second-order valence-corrected chi connectivity index (χ2v) is 2.51. The van der Waals surface area contributed by atoms with Crippen LogP contribution in [0, 0.1) is 6.92 Å². The van der Waals surface area contributed by atoms with Gasteiger partial charge >= 0.3 is 0 Å². The maximum absolute atomic E-state index is 10.7. The highest BCUT2D eigenvalue weighted by molar-refractivity contribution is 5.90. The van der Waals surface area contributed by atoms with Crippen molar-refractivity contribution < 1.29 is 4.79 Å². The number of nitrogens with zero attached hydrogens (tertiary/aromatic N) is 2. The molecule has 0 unspecified atom stereocenters. The Morgan fingerprint density at radius 2 is 2.58 bits per heavy atom. The van der Waals surface area contributed by atoms with Crippen LogP contribution in [0.3, 0.4) is 0 Å². The van der Waals surface area contributed by atoms with E-state index in [1.807, 2.05) is 6.92 Å². The van der Waals surface area contributed by atoms with E-state index in [0.717, 1.165) is 5.69 Å². The van der Waals surface area contributed by atoms with Crippen molar-refractivity contribution in [3.8, 4) is 0 Å². The molecular weight excluding hydrogens is 154 g/mol. The fourth-order valence-electron chi connectivity index (χ4n) is 0.938. The van der Waals surface area contributed by atoms with E-state index < -0.39 is 5.91 Å². The Bertz CT molecular complexity index is 314. The molecule has 1 aromatic rings. The van der Waals surface area contributed by atoms with Crippen molar-refractivity contribution >= 4 is 5.91 Å². The van der Waals surface area contributed by atoms with E-state index in [1.165, 1.54) is 0 Å². The van der Waals surface area contributed by atoms with Gasteiger partial charge in [-0.05, 0) is 13.0 Å². The lowest BCUT2D eigenvalue weighted by atomic mass is 10.3. The standard InChI is InChI=1S/C8H11N3O/c1-3-4-11-6(2)5-7(10-11)8(9)12/h3,5H,1,4H2,2H3,(H2,9,12). The SMILES string of the molecule is C=CCn1nc(C(N)=O)cc1C. The van der Waals surface area contributed by atoms with E-state index in [2.05, 4.69) is 11.7 Å². The fraction of sp³-hybridized carbons (Fsp3) is 0.250. The second kappa shape index (κ2) is 3.21. The number of nitrogens with two attached hydrogens (primary N) is 1. The Labute approximate surface area is 70.7 Å². The summed E-state index contributed by atoms with van der Waals surface area (Å²) in [4.78, 5) is 10.7. The minimum absolute atomic E-state index is 0.300. The molecule has 4 nitrogen and oxygen atoms in total. The first kappa shape index (κ1) is 8.52. The van der Waals surface area contributed by atoms with Crippen LogP contribution < -0.4 is 5.73 Å². The van der Waals surface area contributed by atoms with Gasteiger partial charge in [0.1, 0.15) is 5.69 Å². The monoisotopic (exact) mass is 165 g/mol. The van der Waals surface area contributed by atoms with E-state index in [0.29, 0.717) is 12.2 Å². The van der Waals surface area contributed by atoms with Gasteiger partial charge in [-0.15, -0.1) is 6.58 Å². The molecule has 0 aliphatic rings. The molecule has 4 heteroatoms. The highest BCUT2D eigenvalue weighted by atomic mass is 16.1. The van der Waals surface area contributed by atoms with Gasteiger partial charge in [0.2, 0.25) is 0 Å². The highest BCUT2D eigenvalue weighted by Gasteiger charge is 2.06. The van der Waals surface area contributed by atoms with Crippen molar-refractivity contribution in [2.24, 2.45) is 5.73 Å². The third-order valence-corrected chi connectivity index (χ3v) is 1.54. The zero-order valence-electron chi connectivity index (χ0n) is 6.95. The fourth-order valence-corrected chi connectivity index (χ4v) is 0.938. The quantitative estimate of drug-likeness (QED) is 0.662. The van der Waals surface area contributed by atoms with Crippen LogP contribution in [0.4, 0.5) is 0 Å². The van der Waals surface area contributed by atoms with Crippen molar-refractivity contribution in [1.82, 2.24) is 9.78 Å². The van der Waals surface area contributed by atoms with Gasteiger partial charge < -0.3 is 5.73 Å².